The molecule has 1 N–H and O–H groups in total. The number of sulfonamides is 1. The van der Waals surface area contributed by atoms with Crippen LogP contribution >= 0.6 is 15.9 Å². The maximum Gasteiger partial charge on any atom is 0.264 e. The van der Waals surface area contributed by atoms with Crippen molar-refractivity contribution in [3.05, 3.63) is 95.0 Å². The van der Waals surface area contributed by atoms with Crippen LogP contribution in [0.5, 0.6) is 0 Å². The first-order valence-electron chi connectivity index (χ1n) is 11.9. The van der Waals surface area contributed by atoms with Crippen molar-refractivity contribution in [2.45, 2.75) is 50.7 Å². The molecule has 3 aromatic carbocycles. The van der Waals surface area contributed by atoms with Crippen LogP contribution in [0.2, 0.25) is 0 Å². The minimum Gasteiger partial charge on any atom is -0.350 e. The zero-order valence-corrected chi connectivity index (χ0v) is 23.8. The van der Waals surface area contributed by atoms with E-state index in [0.29, 0.717) is 10.2 Å². The molecule has 0 bridgehead atoms. The summed E-state index contributed by atoms with van der Waals surface area (Å²) in [5.74, 6) is -0.823. The number of carbonyl (C=O) groups excluding carboxylic acids is 2. The van der Waals surface area contributed by atoms with Gasteiger partial charge in [0.25, 0.3) is 10.0 Å². The van der Waals surface area contributed by atoms with Crippen molar-refractivity contribution in [2.24, 2.45) is 0 Å². The highest BCUT2D eigenvalue weighted by Crippen LogP contribution is 2.27. The molecule has 0 saturated carbocycles. The zero-order chi connectivity index (χ0) is 27.2. The Morgan fingerprint density at radius 3 is 2.08 bits per heavy atom. The van der Waals surface area contributed by atoms with Gasteiger partial charge in [-0.2, -0.15) is 0 Å². The summed E-state index contributed by atoms with van der Waals surface area (Å²) in [7, 11) is -4.08. The summed E-state index contributed by atoms with van der Waals surface area (Å²) in [6.07, 6.45) is 0. The van der Waals surface area contributed by atoms with Gasteiger partial charge in [-0.05, 0) is 63.6 Å². The van der Waals surface area contributed by atoms with Crippen LogP contribution in [-0.4, -0.2) is 43.3 Å². The Hall–Kier alpha value is -3.17. The highest BCUT2D eigenvalue weighted by molar-refractivity contribution is 9.10. The third-order valence-corrected chi connectivity index (χ3v) is 7.85. The molecular weight excluding hydrogens is 554 g/mol. The van der Waals surface area contributed by atoms with Crippen LogP contribution < -0.4 is 9.62 Å². The monoisotopic (exact) mass is 585 g/mol. The van der Waals surface area contributed by atoms with Gasteiger partial charge in [0.15, 0.2) is 0 Å². The average molecular weight is 587 g/mol. The lowest BCUT2D eigenvalue weighted by Crippen LogP contribution is -2.54. The minimum absolute atomic E-state index is 0.0657. The zero-order valence-electron chi connectivity index (χ0n) is 21.4. The van der Waals surface area contributed by atoms with E-state index in [1.165, 1.54) is 17.0 Å². The van der Waals surface area contributed by atoms with Crippen molar-refractivity contribution in [2.75, 3.05) is 10.8 Å². The predicted octanol–water partition coefficient (Wildman–Crippen LogP) is 4.98. The fourth-order valence-corrected chi connectivity index (χ4v) is 5.53. The maximum absolute atomic E-state index is 13.8. The van der Waals surface area contributed by atoms with Crippen LogP contribution in [0.3, 0.4) is 0 Å². The third-order valence-electron chi connectivity index (χ3n) is 5.57. The maximum atomic E-state index is 13.8. The van der Waals surface area contributed by atoms with Gasteiger partial charge < -0.3 is 10.2 Å². The molecule has 9 heteroatoms. The largest absolute Gasteiger partial charge is 0.350 e. The molecule has 0 unspecified atom stereocenters. The van der Waals surface area contributed by atoms with Crippen molar-refractivity contribution >= 4 is 43.5 Å². The quantitative estimate of drug-likeness (QED) is 0.384. The molecule has 3 rings (SSSR count). The fourth-order valence-electron chi connectivity index (χ4n) is 3.72. The van der Waals surface area contributed by atoms with Crippen molar-refractivity contribution in [3.8, 4) is 0 Å². The Kier molecular flexibility index (Phi) is 9.15. The van der Waals surface area contributed by atoms with E-state index in [1.54, 1.807) is 49.4 Å². The van der Waals surface area contributed by atoms with Gasteiger partial charge in [0, 0.05) is 16.6 Å². The summed E-state index contributed by atoms with van der Waals surface area (Å²) in [6.45, 7) is 6.91. The molecule has 0 aromatic heterocycles. The molecule has 0 aliphatic heterocycles. The van der Waals surface area contributed by atoms with E-state index < -0.39 is 34.1 Å². The van der Waals surface area contributed by atoms with Gasteiger partial charge in [0.2, 0.25) is 11.8 Å². The second-order valence-corrected chi connectivity index (χ2v) is 12.5. The molecule has 0 radical (unpaired) electrons. The number of benzene rings is 3. The van der Waals surface area contributed by atoms with Crippen LogP contribution in [-0.2, 0) is 26.2 Å². The molecule has 2 amide bonds. The molecule has 0 heterocycles. The first kappa shape index (κ1) is 28.4. The summed E-state index contributed by atoms with van der Waals surface area (Å²) < 4.78 is 29.2. The Morgan fingerprint density at radius 2 is 1.51 bits per heavy atom. The fraction of sp³-hybridized carbons (Fsp3) is 0.286. The number of rotatable bonds is 9. The summed E-state index contributed by atoms with van der Waals surface area (Å²) in [5, 5.41) is 2.92. The first-order valence-corrected chi connectivity index (χ1v) is 14.1. The Bertz CT molecular complexity index is 1330. The minimum atomic E-state index is -4.08. The second-order valence-electron chi connectivity index (χ2n) is 9.73. The Morgan fingerprint density at radius 1 is 0.919 bits per heavy atom. The summed E-state index contributed by atoms with van der Waals surface area (Å²) in [6, 6.07) is 23.2. The number of carbonyl (C=O) groups is 2. The number of hydrogen-bond acceptors (Lipinski definition) is 4. The molecule has 1 atom stereocenters. The number of halogens is 1. The highest BCUT2D eigenvalue weighted by atomic mass is 79.9. The molecule has 196 valence electrons. The standard InChI is InChI=1S/C28H32BrN3O4S/c1-21(27(34)30-28(2,3)4)31(19-22-12-7-5-8-13-22)26(33)20-32(24-15-11-14-23(29)18-24)37(35,36)25-16-9-6-10-17-25/h5-18,21H,19-20H2,1-4H3,(H,30,34)/t21-/m1/s1. The predicted molar refractivity (Wildman–Crippen MR) is 149 cm³/mol. The molecule has 0 spiro atoms. The van der Waals surface area contributed by atoms with E-state index in [0.717, 1.165) is 9.87 Å². The molecular formula is C28H32BrN3O4S. The number of nitrogens with zero attached hydrogens (tertiary/aromatic N) is 2. The van der Waals surface area contributed by atoms with Crippen molar-refractivity contribution in [1.82, 2.24) is 10.2 Å². The van der Waals surface area contributed by atoms with Gasteiger partial charge in [-0.25, -0.2) is 8.42 Å². The molecule has 3 aromatic rings. The lowest BCUT2D eigenvalue weighted by atomic mass is 10.1. The van der Waals surface area contributed by atoms with E-state index in [-0.39, 0.29) is 17.3 Å². The van der Waals surface area contributed by atoms with Crippen LogP contribution in [0.25, 0.3) is 0 Å². The average Bonchev–Trinajstić information content (AvgIpc) is 2.85. The molecule has 0 aliphatic carbocycles. The van der Waals surface area contributed by atoms with Crippen LogP contribution in [0.1, 0.15) is 33.3 Å². The Labute approximate surface area is 227 Å². The lowest BCUT2D eigenvalue weighted by Gasteiger charge is -2.33. The van der Waals surface area contributed by atoms with Crippen molar-refractivity contribution in [3.63, 3.8) is 0 Å². The van der Waals surface area contributed by atoms with E-state index in [2.05, 4.69) is 21.2 Å². The summed E-state index contributed by atoms with van der Waals surface area (Å²) in [5.41, 5.74) is 0.662. The van der Waals surface area contributed by atoms with Crippen LogP contribution in [0, 0.1) is 0 Å². The number of amides is 2. The van der Waals surface area contributed by atoms with E-state index in [4.69, 9.17) is 0 Å². The highest BCUT2D eigenvalue weighted by Gasteiger charge is 2.33. The smallest absolute Gasteiger partial charge is 0.264 e. The van der Waals surface area contributed by atoms with Gasteiger partial charge >= 0.3 is 0 Å². The second kappa shape index (κ2) is 11.9. The normalized spacial score (nSPS) is 12.5. The van der Waals surface area contributed by atoms with Gasteiger partial charge in [-0.3, -0.25) is 13.9 Å². The van der Waals surface area contributed by atoms with Crippen molar-refractivity contribution < 1.29 is 18.0 Å². The van der Waals surface area contributed by atoms with Crippen LogP contribution in [0.4, 0.5) is 5.69 Å². The first-order chi connectivity index (χ1) is 17.4. The molecule has 0 aliphatic rings. The summed E-state index contributed by atoms with van der Waals surface area (Å²) >= 11 is 3.39. The number of nitrogens with one attached hydrogen (secondary N) is 1. The van der Waals surface area contributed by atoms with Gasteiger partial charge in [0.05, 0.1) is 10.6 Å². The number of hydrogen-bond donors (Lipinski definition) is 1. The van der Waals surface area contributed by atoms with Gasteiger partial charge in [0.1, 0.15) is 12.6 Å². The summed E-state index contributed by atoms with van der Waals surface area (Å²) in [4.78, 5) is 28.4. The molecule has 0 fully saturated rings. The van der Waals surface area contributed by atoms with Crippen molar-refractivity contribution in [1.29, 1.82) is 0 Å². The Balaban J connectivity index is 2.01. The third kappa shape index (κ3) is 7.66. The number of anilines is 1. The van der Waals surface area contributed by atoms with E-state index in [9.17, 15) is 18.0 Å². The SMILES string of the molecule is C[C@H](C(=O)NC(C)(C)C)N(Cc1ccccc1)C(=O)CN(c1cccc(Br)c1)S(=O)(=O)c1ccccc1. The molecule has 7 nitrogen and oxygen atoms in total. The topological polar surface area (TPSA) is 86.8 Å². The van der Waals surface area contributed by atoms with E-state index in [1.807, 2.05) is 51.1 Å². The molecule has 37 heavy (non-hydrogen) atoms. The lowest BCUT2D eigenvalue weighted by molar-refractivity contribution is -0.140. The van der Waals surface area contributed by atoms with Crippen LogP contribution in [0.15, 0.2) is 94.3 Å². The van der Waals surface area contributed by atoms with E-state index >= 15 is 0 Å². The molecule has 0 saturated heterocycles. The van der Waals surface area contributed by atoms with Gasteiger partial charge in [-0.1, -0.05) is 70.5 Å². The van der Waals surface area contributed by atoms with Gasteiger partial charge in [-0.15, -0.1) is 0 Å².